The minimum absolute atomic E-state index is 0.0371. The maximum Gasteiger partial charge on any atom is 0.276 e. The molecule has 142 valence electrons. The quantitative estimate of drug-likeness (QED) is 0.806. The fourth-order valence-corrected chi connectivity index (χ4v) is 4.00. The predicted molar refractivity (Wildman–Crippen MR) is 100 cm³/mol. The van der Waals surface area contributed by atoms with Crippen LogP contribution in [0.4, 0.5) is 0 Å². The second kappa shape index (κ2) is 7.68. The third-order valence-electron chi connectivity index (χ3n) is 5.33. The Kier molecular flexibility index (Phi) is 5.11. The molecule has 4 rings (SSSR count). The Morgan fingerprint density at radius 3 is 2.59 bits per heavy atom. The maximum atomic E-state index is 12.7. The Labute approximate surface area is 162 Å². The fraction of sp³-hybridized carbons (Fsp3) is 0.474. The molecule has 0 bridgehead atoms. The van der Waals surface area contributed by atoms with Gasteiger partial charge in [-0.05, 0) is 30.5 Å². The Morgan fingerprint density at radius 1 is 1.15 bits per heavy atom. The second-order valence-corrected chi connectivity index (χ2v) is 7.62. The van der Waals surface area contributed by atoms with Gasteiger partial charge in [0.25, 0.3) is 5.91 Å². The van der Waals surface area contributed by atoms with Crippen LogP contribution in [0.2, 0.25) is 5.02 Å². The van der Waals surface area contributed by atoms with E-state index in [-0.39, 0.29) is 24.1 Å². The average Bonchev–Trinajstić information content (AvgIpc) is 3.35. The molecule has 1 saturated heterocycles. The molecule has 0 atom stereocenters. The van der Waals surface area contributed by atoms with Crippen molar-refractivity contribution in [2.24, 2.45) is 0 Å². The van der Waals surface area contributed by atoms with E-state index in [1.807, 2.05) is 29.2 Å². The van der Waals surface area contributed by atoms with E-state index in [2.05, 4.69) is 10.3 Å². The number of rotatable bonds is 4. The van der Waals surface area contributed by atoms with Crippen LogP contribution in [0.1, 0.15) is 41.7 Å². The molecule has 0 radical (unpaired) electrons. The predicted octanol–water partition coefficient (Wildman–Crippen LogP) is 2.21. The van der Waals surface area contributed by atoms with E-state index in [9.17, 15) is 9.59 Å². The van der Waals surface area contributed by atoms with E-state index in [0.29, 0.717) is 30.7 Å². The summed E-state index contributed by atoms with van der Waals surface area (Å²) in [6, 6.07) is 7.80. The van der Waals surface area contributed by atoms with Crippen LogP contribution < -0.4 is 0 Å². The van der Waals surface area contributed by atoms with Gasteiger partial charge in [-0.25, -0.2) is 4.68 Å². The van der Waals surface area contributed by atoms with Crippen molar-refractivity contribution in [3.63, 3.8) is 0 Å². The first kappa shape index (κ1) is 18.0. The molecule has 0 spiro atoms. The molecule has 2 aliphatic rings. The highest BCUT2D eigenvalue weighted by Gasteiger charge is 2.33. The molecule has 1 aromatic carbocycles. The highest BCUT2D eigenvalue weighted by atomic mass is 35.5. The van der Waals surface area contributed by atoms with Crippen molar-refractivity contribution in [2.45, 2.75) is 38.3 Å². The molecular formula is C19H22ClN5O2. The zero-order chi connectivity index (χ0) is 18.8. The van der Waals surface area contributed by atoms with Gasteiger partial charge in [0.05, 0.1) is 12.7 Å². The van der Waals surface area contributed by atoms with Crippen LogP contribution >= 0.6 is 11.6 Å². The monoisotopic (exact) mass is 387 g/mol. The van der Waals surface area contributed by atoms with Crippen LogP contribution in [0, 0.1) is 0 Å². The number of hydrogen-bond acceptors (Lipinski definition) is 4. The lowest BCUT2D eigenvalue weighted by Crippen LogP contribution is -2.54. The summed E-state index contributed by atoms with van der Waals surface area (Å²) in [7, 11) is 0. The number of carbonyl (C=O) groups excluding carboxylic acids is 2. The van der Waals surface area contributed by atoms with Crippen LogP contribution in [0.5, 0.6) is 0 Å². The third kappa shape index (κ3) is 3.98. The summed E-state index contributed by atoms with van der Waals surface area (Å²) in [4.78, 5) is 28.7. The Bertz CT molecular complexity index is 829. The lowest BCUT2D eigenvalue weighted by Gasteiger charge is -2.37. The van der Waals surface area contributed by atoms with Gasteiger partial charge >= 0.3 is 0 Å². The first-order valence-corrected chi connectivity index (χ1v) is 9.71. The van der Waals surface area contributed by atoms with E-state index >= 15 is 0 Å². The minimum atomic E-state index is -0.239. The van der Waals surface area contributed by atoms with Gasteiger partial charge in [-0.3, -0.25) is 9.59 Å². The molecule has 0 unspecified atom stereocenters. The summed E-state index contributed by atoms with van der Waals surface area (Å²) in [5, 5.41) is 8.71. The van der Waals surface area contributed by atoms with E-state index in [4.69, 9.17) is 11.6 Å². The molecule has 2 heterocycles. The molecule has 7 nitrogen and oxygen atoms in total. The summed E-state index contributed by atoms with van der Waals surface area (Å²) in [5.74, 6) is -0.202. The van der Waals surface area contributed by atoms with Crippen molar-refractivity contribution in [3.05, 3.63) is 46.7 Å². The van der Waals surface area contributed by atoms with Gasteiger partial charge in [-0.2, -0.15) is 0 Å². The average molecular weight is 388 g/mol. The highest BCUT2D eigenvalue weighted by Crippen LogP contribution is 2.25. The number of halogens is 1. The van der Waals surface area contributed by atoms with E-state index in [0.717, 1.165) is 18.4 Å². The SMILES string of the molecule is O=C(c1cn(Cc2ccc(Cl)cc2)nn1)N1CCN(C2CCCC2)C(=O)C1. The molecule has 1 aliphatic heterocycles. The van der Waals surface area contributed by atoms with Gasteiger partial charge in [0.15, 0.2) is 5.69 Å². The number of nitrogens with zero attached hydrogens (tertiary/aromatic N) is 5. The second-order valence-electron chi connectivity index (χ2n) is 7.18. The topological polar surface area (TPSA) is 71.3 Å². The molecule has 8 heteroatoms. The summed E-state index contributed by atoms with van der Waals surface area (Å²) in [6.45, 7) is 1.78. The van der Waals surface area contributed by atoms with Crippen LogP contribution in [0.15, 0.2) is 30.5 Å². The van der Waals surface area contributed by atoms with Gasteiger partial charge in [0, 0.05) is 24.2 Å². The third-order valence-corrected chi connectivity index (χ3v) is 5.58. The van der Waals surface area contributed by atoms with E-state index < -0.39 is 0 Å². The summed E-state index contributed by atoms with van der Waals surface area (Å²) in [5.41, 5.74) is 1.29. The van der Waals surface area contributed by atoms with Crippen molar-refractivity contribution in [1.82, 2.24) is 24.8 Å². The van der Waals surface area contributed by atoms with Crippen molar-refractivity contribution >= 4 is 23.4 Å². The van der Waals surface area contributed by atoms with Gasteiger partial charge in [-0.15, -0.1) is 5.10 Å². The van der Waals surface area contributed by atoms with Gasteiger partial charge < -0.3 is 9.80 Å². The fourth-order valence-electron chi connectivity index (χ4n) is 3.87. The number of hydrogen-bond donors (Lipinski definition) is 0. The van der Waals surface area contributed by atoms with E-state index in [1.165, 1.54) is 12.8 Å². The lowest BCUT2D eigenvalue weighted by molar-refractivity contribution is -0.137. The first-order chi connectivity index (χ1) is 13.1. The normalized spacial score (nSPS) is 18.3. The molecule has 0 N–H and O–H groups in total. The van der Waals surface area contributed by atoms with Crippen molar-refractivity contribution in [1.29, 1.82) is 0 Å². The summed E-state index contributed by atoms with van der Waals surface area (Å²) in [6.07, 6.45) is 6.17. The lowest BCUT2D eigenvalue weighted by atomic mass is 10.1. The van der Waals surface area contributed by atoms with E-state index in [1.54, 1.807) is 15.8 Å². The molecule has 2 fully saturated rings. The van der Waals surface area contributed by atoms with Crippen molar-refractivity contribution < 1.29 is 9.59 Å². The Balaban J connectivity index is 1.38. The summed E-state index contributed by atoms with van der Waals surface area (Å²) >= 11 is 5.89. The molecule has 1 saturated carbocycles. The molecular weight excluding hydrogens is 366 g/mol. The Morgan fingerprint density at radius 2 is 1.89 bits per heavy atom. The van der Waals surface area contributed by atoms with Crippen LogP contribution in [0.25, 0.3) is 0 Å². The summed E-state index contributed by atoms with van der Waals surface area (Å²) < 4.78 is 1.62. The van der Waals surface area contributed by atoms with Crippen LogP contribution in [-0.2, 0) is 11.3 Å². The molecule has 1 aromatic heterocycles. The minimum Gasteiger partial charge on any atom is -0.336 e. The number of aromatic nitrogens is 3. The maximum absolute atomic E-state index is 12.7. The highest BCUT2D eigenvalue weighted by molar-refractivity contribution is 6.30. The van der Waals surface area contributed by atoms with Gasteiger partial charge in [0.1, 0.15) is 6.54 Å². The molecule has 1 aliphatic carbocycles. The van der Waals surface area contributed by atoms with Gasteiger partial charge in [-0.1, -0.05) is 41.8 Å². The molecule has 2 aromatic rings. The number of carbonyl (C=O) groups is 2. The van der Waals surface area contributed by atoms with Crippen LogP contribution in [0.3, 0.4) is 0 Å². The van der Waals surface area contributed by atoms with Crippen molar-refractivity contribution in [2.75, 3.05) is 19.6 Å². The van der Waals surface area contributed by atoms with Crippen molar-refractivity contribution in [3.8, 4) is 0 Å². The smallest absolute Gasteiger partial charge is 0.276 e. The molecule has 2 amide bonds. The standard InChI is InChI=1S/C19H22ClN5O2/c20-15-7-5-14(6-8-15)11-24-12-17(21-22-24)19(27)23-9-10-25(18(26)13-23)16-3-1-2-4-16/h5-8,12,16H,1-4,9-11,13H2. The molecule has 27 heavy (non-hydrogen) atoms. The first-order valence-electron chi connectivity index (χ1n) is 9.33. The number of benzene rings is 1. The zero-order valence-corrected chi connectivity index (χ0v) is 15.8. The van der Waals surface area contributed by atoms with Gasteiger partial charge in [0.2, 0.25) is 5.91 Å². The van der Waals surface area contributed by atoms with Crippen LogP contribution in [-0.4, -0.2) is 62.3 Å². The Hall–Kier alpha value is -2.41. The number of piperazine rings is 1. The largest absolute Gasteiger partial charge is 0.336 e. The zero-order valence-electron chi connectivity index (χ0n) is 15.1. The number of amides is 2.